The molecule has 4 rings (SSSR count). The summed E-state index contributed by atoms with van der Waals surface area (Å²) in [5.74, 6) is 3.36. The maximum atomic E-state index is 12.4. The minimum absolute atomic E-state index is 0.0948. The van der Waals surface area contributed by atoms with Gasteiger partial charge in [-0.3, -0.25) is 4.79 Å². The van der Waals surface area contributed by atoms with Crippen molar-refractivity contribution < 1.29 is 9.53 Å². The Morgan fingerprint density at radius 1 is 1.37 bits per heavy atom. The van der Waals surface area contributed by atoms with Gasteiger partial charge in [-0.15, -0.1) is 11.8 Å². The van der Waals surface area contributed by atoms with Crippen molar-refractivity contribution in [1.29, 1.82) is 0 Å². The number of benzene rings is 1. The smallest absolute Gasteiger partial charge is 0.251 e. The van der Waals surface area contributed by atoms with Gasteiger partial charge in [0.15, 0.2) is 0 Å². The van der Waals surface area contributed by atoms with E-state index in [0.29, 0.717) is 18.0 Å². The zero-order valence-corrected chi connectivity index (χ0v) is 16.4. The molecule has 0 unspecified atom stereocenters. The molecule has 5 nitrogen and oxygen atoms in total. The third-order valence-corrected chi connectivity index (χ3v) is 6.56. The number of thioether (sulfide) groups is 2. The Bertz CT molecular complexity index is 922. The van der Waals surface area contributed by atoms with Crippen LogP contribution in [-0.4, -0.2) is 45.8 Å². The topological polar surface area (TPSA) is 67.0 Å². The number of nitrogens with one attached hydrogen (secondary N) is 2. The molecule has 0 saturated carbocycles. The summed E-state index contributed by atoms with van der Waals surface area (Å²) in [5, 5.41) is 4.19. The van der Waals surface area contributed by atoms with E-state index in [1.54, 1.807) is 30.1 Å². The van der Waals surface area contributed by atoms with Crippen LogP contribution in [0.3, 0.4) is 0 Å². The van der Waals surface area contributed by atoms with Crippen molar-refractivity contribution in [3.63, 3.8) is 0 Å². The van der Waals surface area contributed by atoms with Crippen LogP contribution in [0.25, 0.3) is 10.9 Å². The van der Waals surface area contributed by atoms with Crippen LogP contribution in [0.5, 0.6) is 5.88 Å². The third kappa shape index (κ3) is 4.59. The Labute approximate surface area is 166 Å². The normalized spacial score (nSPS) is 16.5. The fourth-order valence-corrected chi connectivity index (χ4v) is 4.98. The maximum Gasteiger partial charge on any atom is 0.251 e. The molecule has 0 radical (unpaired) electrons. The standard InChI is InChI=1S/C20H21N3O2S2/c24-20(14-5-7-21-19(11-14)25-15-6-9-26-13-15)22-8-10-27-18-12-23-17-4-2-1-3-16(17)18/h1-5,7,11-12,15,23H,6,8-10,13H2,(H,22,24)/t15-/m1/s1. The van der Waals surface area contributed by atoms with E-state index in [2.05, 4.69) is 27.4 Å². The summed E-state index contributed by atoms with van der Waals surface area (Å²) in [6.45, 7) is 0.598. The van der Waals surface area contributed by atoms with Crippen LogP contribution in [-0.2, 0) is 0 Å². The molecule has 1 fully saturated rings. The number of H-pyrrole nitrogens is 1. The maximum absolute atomic E-state index is 12.4. The highest BCUT2D eigenvalue weighted by molar-refractivity contribution is 7.99. The van der Waals surface area contributed by atoms with Crippen LogP contribution in [0.15, 0.2) is 53.7 Å². The molecular formula is C20H21N3O2S2. The van der Waals surface area contributed by atoms with E-state index >= 15 is 0 Å². The van der Waals surface area contributed by atoms with Gasteiger partial charge < -0.3 is 15.0 Å². The fraction of sp³-hybridized carbons (Fsp3) is 0.300. The molecule has 1 atom stereocenters. The summed E-state index contributed by atoms with van der Waals surface area (Å²) in [7, 11) is 0. The Kier molecular flexibility index (Phi) is 5.89. The second-order valence-electron chi connectivity index (χ2n) is 6.29. The van der Waals surface area contributed by atoms with E-state index in [9.17, 15) is 4.79 Å². The van der Waals surface area contributed by atoms with E-state index in [4.69, 9.17) is 4.74 Å². The summed E-state index contributed by atoms with van der Waals surface area (Å²) >= 11 is 3.62. The van der Waals surface area contributed by atoms with Crippen molar-refractivity contribution in [1.82, 2.24) is 15.3 Å². The number of para-hydroxylation sites is 1. The van der Waals surface area contributed by atoms with Crippen molar-refractivity contribution in [2.75, 3.05) is 23.8 Å². The Hall–Kier alpha value is -2.12. The number of nitrogens with zero attached hydrogens (tertiary/aromatic N) is 1. The van der Waals surface area contributed by atoms with E-state index < -0.39 is 0 Å². The summed E-state index contributed by atoms with van der Waals surface area (Å²) in [6, 6.07) is 11.7. The van der Waals surface area contributed by atoms with Gasteiger partial charge in [-0.25, -0.2) is 4.98 Å². The highest BCUT2D eigenvalue weighted by atomic mass is 32.2. The number of aromatic nitrogens is 2. The number of hydrogen-bond donors (Lipinski definition) is 2. The molecule has 7 heteroatoms. The van der Waals surface area contributed by atoms with Crippen molar-refractivity contribution in [2.45, 2.75) is 17.4 Å². The van der Waals surface area contributed by atoms with Crippen LogP contribution in [0.2, 0.25) is 0 Å². The van der Waals surface area contributed by atoms with Gasteiger partial charge in [0.2, 0.25) is 5.88 Å². The molecule has 3 aromatic rings. The van der Waals surface area contributed by atoms with E-state index in [-0.39, 0.29) is 12.0 Å². The Morgan fingerprint density at radius 2 is 2.30 bits per heavy atom. The average Bonchev–Trinajstić information content (AvgIpc) is 3.35. The highest BCUT2D eigenvalue weighted by Crippen LogP contribution is 2.27. The molecule has 2 aromatic heterocycles. The molecular weight excluding hydrogens is 378 g/mol. The molecule has 1 saturated heterocycles. The van der Waals surface area contributed by atoms with Gasteiger partial charge in [0, 0.05) is 57.9 Å². The molecule has 27 heavy (non-hydrogen) atoms. The van der Waals surface area contributed by atoms with Crippen LogP contribution in [0, 0.1) is 0 Å². The number of amides is 1. The average molecular weight is 400 g/mol. The monoisotopic (exact) mass is 399 g/mol. The third-order valence-electron chi connectivity index (χ3n) is 4.37. The van der Waals surface area contributed by atoms with Crippen LogP contribution in [0.1, 0.15) is 16.8 Å². The lowest BCUT2D eigenvalue weighted by Gasteiger charge is -2.12. The summed E-state index contributed by atoms with van der Waals surface area (Å²) in [5.41, 5.74) is 1.72. The Morgan fingerprint density at radius 3 is 3.19 bits per heavy atom. The molecule has 2 N–H and O–H groups in total. The first kappa shape index (κ1) is 18.3. The first-order valence-corrected chi connectivity index (χ1v) is 11.1. The van der Waals surface area contributed by atoms with Gasteiger partial charge in [0.1, 0.15) is 6.10 Å². The predicted octanol–water partition coefficient (Wildman–Crippen LogP) is 3.97. The van der Waals surface area contributed by atoms with Crippen LogP contribution < -0.4 is 10.1 Å². The predicted molar refractivity (Wildman–Crippen MR) is 112 cm³/mol. The first-order chi connectivity index (χ1) is 13.3. The van der Waals surface area contributed by atoms with E-state index in [1.807, 2.05) is 30.1 Å². The first-order valence-electron chi connectivity index (χ1n) is 8.97. The second-order valence-corrected chi connectivity index (χ2v) is 8.58. The van der Waals surface area contributed by atoms with E-state index in [0.717, 1.165) is 29.2 Å². The van der Waals surface area contributed by atoms with Gasteiger partial charge in [0.05, 0.1) is 0 Å². The largest absolute Gasteiger partial charge is 0.473 e. The number of carbonyl (C=O) groups is 1. The molecule has 0 bridgehead atoms. The molecule has 1 amide bonds. The zero-order chi connectivity index (χ0) is 18.5. The van der Waals surface area contributed by atoms with Crippen molar-refractivity contribution in [2.24, 2.45) is 0 Å². The Balaban J connectivity index is 1.28. The number of carbonyl (C=O) groups excluding carboxylic acids is 1. The van der Waals surface area contributed by atoms with Gasteiger partial charge in [-0.2, -0.15) is 11.8 Å². The quantitative estimate of drug-likeness (QED) is 0.465. The number of ether oxygens (including phenoxy) is 1. The number of pyridine rings is 1. The lowest BCUT2D eigenvalue weighted by atomic mass is 10.2. The zero-order valence-electron chi connectivity index (χ0n) is 14.8. The van der Waals surface area contributed by atoms with Gasteiger partial charge in [-0.1, -0.05) is 18.2 Å². The fourth-order valence-electron chi connectivity index (χ4n) is 2.98. The van der Waals surface area contributed by atoms with Crippen LogP contribution >= 0.6 is 23.5 Å². The van der Waals surface area contributed by atoms with Gasteiger partial charge >= 0.3 is 0 Å². The molecule has 1 aliphatic heterocycles. The minimum atomic E-state index is -0.0948. The summed E-state index contributed by atoms with van der Waals surface area (Å²) < 4.78 is 5.86. The lowest BCUT2D eigenvalue weighted by molar-refractivity contribution is 0.0955. The van der Waals surface area contributed by atoms with Crippen molar-refractivity contribution in [3.8, 4) is 5.88 Å². The van der Waals surface area contributed by atoms with Crippen molar-refractivity contribution in [3.05, 3.63) is 54.4 Å². The number of aromatic amines is 1. The molecule has 140 valence electrons. The lowest BCUT2D eigenvalue weighted by Crippen LogP contribution is -2.26. The number of fused-ring (bicyclic) bond motifs is 1. The SMILES string of the molecule is O=C(NCCSc1c[nH]c2ccccc12)c1ccnc(O[C@@H]2CCSC2)c1. The number of rotatable bonds is 7. The summed E-state index contributed by atoms with van der Waals surface area (Å²) in [4.78, 5) is 21.1. The number of hydrogen-bond acceptors (Lipinski definition) is 5. The second kappa shape index (κ2) is 8.71. The summed E-state index contributed by atoms with van der Waals surface area (Å²) in [6.07, 6.45) is 4.89. The molecule has 0 aliphatic carbocycles. The van der Waals surface area contributed by atoms with Crippen molar-refractivity contribution >= 4 is 40.3 Å². The highest BCUT2D eigenvalue weighted by Gasteiger charge is 2.18. The molecule has 1 aliphatic rings. The molecule has 1 aromatic carbocycles. The molecule has 3 heterocycles. The van der Waals surface area contributed by atoms with Crippen LogP contribution in [0.4, 0.5) is 0 Å². The minimum Gasteiger partial charge on any atom is -0.473 e. The molecule has 0 spiro atoms. The van der Waals surface area contributed by atoms with Gasteiger partial charge in [0.25, 0.3) is 5.91 Å². The van der Waals surface area contributed by atoms with E-state index in [1.165, 1.54) is 10.3 Å². The van der Waals surface area contributed by atoms with Gasteiger partial charge in [-0.05, 0) is 24.3 Å².